The van der Waals surface area contributed by atoms with Crippen LogP contribution in [0.2, 0.25) is 0 Å². The molecule has 0 unspecified atom stereocenters. The molecular weight excluding hydrogens is 323 g/mol. The Labute approximate surface area is 134 Å². The molecule has 0 spiro atoms. The van der Waals surface area contributed by atoms with E-state index in [2.05, 4.69) is 10.3 Å². The summed E-state index contributed by atoms with van der Waals surface area (Å²) >= 11 is 0. The third-order valence-electron chi connectivity index (χ3n) is 3.44. The van der Waals surface area contributed by atoms with E-state index in [9.17, 15) is 18.0 Å². The third-order valence-corrected chi connectivity index (χ3v) is 3.44. The lowest BCUT2D eigenvalue weighted by Gasteiger charge is -2.12. The van der Waals surface area contributed by atoms with Gasteiger partial charge in [-0.05, 0) is 29.8 Å². The zero-order valence-corrected chi connectivity index (χ0v) is 12.2. The summed E-state index contributed by atoms with van der Waals surface area (Å²) in [5.41, 5.74) is 1.08. The van der Waals surface area contributed by atoms with Gasteiger partial charge in [-0.2, -0.15) is 13.2 Å². The number of imidazole rings is 1. The maximum atomic E-state index is 12.6. The normalized spacial score (nSPS) is 11.5. The second-order valence-corrected chi connectivity index (χ2v) is 4.97. The monoisotopic (exact) mass is 335 g/mol. The molecule has 0 saturated heterocycles. The smallest absolute Gasteiger partial charge is 0.409 e. The van der Waals surface area contributed by atoms with Crippen LogP contribution in [0.5, 0.6) is 5.88 Å². The second kappa shape index (κ2) is 6.23. The second-order valence-electron chi connectivity index (χ2n) is 4.97. The van der Waals surface area contributed by atoms with E-state index >= 15 is 0 Å². The molecule has 0 saturated carbocycles. The van der Waals surface area contributed by atoms with Gasteiger partial charge in [0.05, 0.1) is 11.3 Å². The van der Waals surface area contributed by atoms with E-state index in [0.717, 1.165) is 12.1 Å². The first-order valence-corrected chi connectivity index (χ1v) is 6.95. The van der Waals surface area contributed by atoms with Crippen molar-refractivity contribution >= 4 is 17.8 Å². The highest BCUT2D eigenvalue weighted by Crippen LogP contribution is 2.30. The number of alkyl halides is 3. The lowest BCUT2D eigenvalue weighted by atomic mass is 10.1. The zero-order valence-electron chi connectivity index (χ0n) is 12.2. The fourth-order valence-corrected chi connectivity index (χ4v) is 2.28. The number of aromatic nitrogens is 2. The van der Waals surface area contributed by atoms with Crippen molar-refractivity contribution in [1.82, 2.24) is 9.38 Å². The third kappa shape index (κ3) is 3.17. The first-order valence-electron chi connectivity index (χ1n) is 6.95. The molecule has 0 amide bonds. The van der Waals surface area contributed by atoms with Gasteiger partial charge in [0.15, 0.2) is 0 Å². The van der Waals surface area contributed by atoms with E-state index in [1.54, 1.807) is 28.9 Å². The molecule has 0 atom stereocenters. The molecule has 8 heteroatoms. The van der Waals surface area contributed by atoms with Gasteiger partial charge in [-0.3, -0.25) is 9.20 Å². The molecule has 2 aromatic heterocycles. The summed E-state index contributed by atoms with van der Waals surface area (Å²) in [7, 11) is 0. The average molecular weight is 335 g/mol. The van der Waals surface area contributed by atoms with Crippen LogP contribution in [0.15, 0.2) is 48.8 Å². The first kappa shape index (κ1) is 15.9. The molecule has 0 fully saturated rings. The lowest BCUT2D eigenvalue weighted by molar-refractivity contribution is -0.137. The van der Waals surface area contributed by atoms with Crippen LogP contribution in [0.4, 0.5) is 18.9 Å². The zero-order chi connectivity index (χ0) is 17.2. The molecule has 0 aliphatic heterocycles. The van der Waals surface area contributed by atoms with Gasteiger partial charge < -0.3 is 10.1 Å². The van der Waals surface area contributed by atoms with E-state index in [1.807, 2.05) is 0 Å². The van der Waals surface area contributed by atoms with Gasteiger partial charge in [0, 0.05) is 18.9 Å². The van der Waals surface area contributed by atoms with Gasteiger partial charge in [0.1, 0.15) is 5.65 Å². The van der Waals surface area contributed by atoms with Crippen molar-refractivity contribution in [2.24, 2.45) is 0 Å². The SMILES string of the molecule is O=COc1c(NCc2ccc(C(F)(F)F)cc2)ccc2nccn12. The Morgan fingerprint density at radius 3 is 2.58 bits per heavy atom. The van der Waals surface area contributed by atoms with Crippen molar-refractivity contribution < 1.29 is 22.7 Å². The number of ether oxygens (including phenoxy) is 1. The van der Waals surface area contributed by atoms with Crippen molar-refractivity contribution in [2.45, 2.75) is 12.7 Å². The number of halogens is 3. The fourth-order valence-electron chi connectivity index (χ4n) is 2.28. The minimum Gasteiger partial charge on any atom is -0.409 e. The number of carbonyl (C=O) groups is 1. The number of nitrogens with one attached hydrogen (secondary N) is 1. The van der Waals surface area contributed by atoms with Gasteiger partial charge in [0.2, 0.25) is 5.88 Å². The van der Waals surface area contributed by atoms with Gasteiger partial charge >= 0.3 is 6.18 Å². The van der Waals surface area contributed by atoms with Crippen molar-refractivity contribution in [3.05, 3.63) is 59.9 Å². The van der Waals surface area contributed by atoms with E-state index in [0.29, 0.717) is 23.4 Å². The number of anilines is 1. The molecule has 1 aromatic carbocycles. The number of rotatable bonds is 5. The topological polar surface area (TPSA) is 55.6 Å². The number of pyridine rings is 1. The van der Waals surface area contributed by atoms with Gasteiger partial charge in [-0.1, -0.05) is 12.1 Å². The highest BCUT2D eigenvalue weighted by atomic mass is 19.4. The summed E-state index contributed by atoms with van der Waals surface area (Å²) < 4.78 is 44.2. The molecule has 3 aromatic rings. The minimum atomic E-state index is -4.36. The standard InChI is InChI=1S/C16H12F3N3O2/c17-16(18,19)12-3-1-11(2-4-12)9-21-13-5-6-14-20-7-8-22(14)15(13)24-10-23/h1-8,10,21H,9H2. The highest BCUT2D eigenvalue weighted by molar-refractivity contribution is 5.63. The molecule has 0 radical (unpaired) electrons. The minimum absolute atomic E-state index is 0.256. The van der Waals surface area contributed by atoms with Crippen molar-refractivity contribution in [3.63, 3.8) is 0 Å². The Morgan fingerprint density at radius 2 is 1.92 bits per heavy atom. The van der Waals surface area contributed by atoms with Crippen LogP contribution in [0.3, 0.4) is 0 Å². The molecule has 2 heterocycles. The number of carbonyl (C=O) groups excluding carboxylic acids is 1. The maximum absolute atomic E-state index is 12.6. The molecule has 0 aliphatic rings. The predicted octanol–water partition coefficient (Wildman–Crippen LogP) is 3.50. The van der Waals surface area contributed by atoms with Crippen LogP contribution < -0.4 is 10.1 Å². The number of fused-ring (bicyclic) bond motifs is 1. The lowest BCUT2D eigenvalue weighted by Crippen LogP contribution is -2.07. The van der Waals surface area contributed by atoms with Gasteiger partial charge in [-0.25, -0.2) is 4.98 Å². The van der Waals surface area contributed by atoms with Crippen LogP contribution in [0, 0.1) is 0 Å². The number of hydrogen-bond acceptors (Lipinski definition) is 4. The number of benzene rings is 1. The summed E-state index contributed by atoms with van der Waals surface area (Å²) in [4.78, 5) is 14.8. The summed E-state index contributed by atoms with van der Waals surface area (Å²) in [6, 6.07) is 8.26. The van der Waals surface area contributed by atoms with Crippen LogP contribution in [0.1, 0.15) is 11.1 Å². The van der Waals surface area contributed by atoms with Crippen molar-refractivity contribution in [3.8, 4) is 5.88 Å². The Kier molecular flexibility index (Phi) is 4.11. The van der Waals surface area contributed by atoms with E-state index in [1.165, 1.54) is 12.1 Å². The fraction of sp³-hybridized carbons (Fsp3) is 0.125. The van der Waals surface area contributed by atoms with Crippen LogP contribution in [0.25, 0.3) is 5.65 Å². The molecule has 24 heavy (non-hydrogen) atoms. The highest BCUT2D eigenvalue weighted by Gasteiger charge is 2.29. The Bertz CT molecular complexity index is 857. The first-order chi connectivity index (χ1) is 11.5. The van der Waals surface area contributed by atoms with Gasteiger partial charge in [-0.15, -0.1) is 0 Å². The summed E-state index contributed by atoms with van der Waals surface area (Å²) in [5.74, 6) is 0.256. The molecule has 0 aliphatic carbocycles. The molecule has 124 valence electrons. The van der Waals surface area contributed by atoms with Crippen LogP contribution >= 0.6 is 0 Å². The molecule has 5 nitrogen and oxygen atoms in total. The summed E-state index contributed by atoms with van der Waals surface area (Å²) in [5, 5.41) is 3.04. The Hall–Kier alpha value is -3.03. The molecule has 1 N–H and O–H groups in total. The molecule has 0 bridgehead atoms. The maximum Gasteiger partial charge on any atom is 0.416 e. The quantitative estimate of drug-likeness (QED) is 0.725. The largest absolute Gasteiger partial charge is 0.416 e. The predicted molar refractivity (Wildman–Crippen MR) is 80.7 cm³/mol. The average Bonchev–Trinajstić information content (AvgIpc) is 3.03. The van der Waals surface area contributed by atoms with E-state index < -0.39 is 11.7 Å². The van der Waals surface area contributed by atoms with E-state index in [4.69, 9.17) is 4.74 Å². The van der Waals surface area contributed by atoms with Gasteiger partial charge in [0.25, 0.3) is 6.47 Å². The number of hydrogen-bond donors (Lipinski definition) is 1. The summed E-state index contributed by atoms with van der Waals surface area (Å²) in [6.45, 7) is 0.575. The Balaban J connectivity index is 1.80. The molecular formula is C16H12F3N3O2. The van der Waals surface area contributed by atoms with Crippen molar-refractivity contribution in [2.75, 3.05) is 5.32 Å². The Morgan fingerprint density at radius 1 is 1.17 bits per heavy atom. The van der Waals surface area contributed by atoms with Crippen LogP contribution in [-0.4, -0.2) is 15.9 Å². The van der Waals surface area contributed by atoms with Crippen LogP contribution in [-0.2, 0) is 17.5 Å². The summed E-state index contributed by atoms with van der Waals surface area (Å²) in [6.07, 6.45) is -1.16. The number of nitrogens with zero attached hydrogens (tertiary/aromatic N) is 2. The molecule has 3 rings (SSSR count). The van der Waals surface area contributed by atoms with E-state index in [-0.39, 0.29) is 12.4 Å². The van der Waals surface area contributed by atoms with Crippen molar-refractivity contribution in [1.29, 1.82) is 0 Å².